The molecule has 0 aliphatic carbocycles. The lowest BCUT2D eigenvalue weighted by Gasteiger charge is -2.20. The van der Waals surface area contributed by atoms with Gasteiger partial charge in [0.05, 0.1) is 19.0 Å². The van der Waals surface area contributed by atoms with Crippen molar-refractivity contribution in [2.24, 2.45) is 0 Å². The maximum Gasteiger partial charge on any atom is 0.325 e. The molecule has 1 aliphatic rings. The van der Waals surface area contributed by atoms with Gasteiger partial charge in [0.1, 0.15) is 18.5 Å². The molecule has 1 aromatic heterocycles. The van der Waals surface area contributed by atoms with Crippen LogP contribution in [0.2, 0.25) is 5.02 Å². The highest BCUT2D eigenvalue weighted by Gasteiger charge is 2.19. The molecule has 1 atom stereocenters. The number of benzene rings is 3. The van der Waals surface area contributed by atoms with Crippen molar-refractivity contribution in [2.75, 3.05) is 38.7 Å². The van der Waals surface area contributed by atoms with Crippen LogP contribution in [-0.4, -0.2) is 66.4 Å². The lowest BCUT2D eigenvalue weighted by Crippen LogP contribution is -2.35. The van der Waals surface area contributed by atoms with Crippen molar-refractivity contribution in [3.05, 3.63) is 83.3 Å². The van der Waals surface area contributed by atoms with Gasteiger partial charge in [0.15, 0.2) is 23.1 Å². The summed E-state index contributed by atoms with van der Waals surface area (Å²) in [5, 5.41) is 16.2. The number of ether oxygens (including phenoxy) is 3. The molecule has 3 N–H and O–H groups in total. The molecule has 0 saturated carbocycles. The first kappa shape index (κ1) is 31.0. The van der Waals surface area contributed by atoms with Crippen molar-refractivity contribution in [1.82, 2.24) is 15.2 Å². The second kappa shape index (κ2) is 14.3. The van der Waals surface area contributed by atoms with E-state index in [0.717, 1.165) is 32.0 Å². The summed E-state index contributed by atoms with van der Waals surface area (Å²) in [5.74, 6) is -0.223. The maximum atomic E-state index is 15.0. The summed E-state index contributed by atoms with van der Waals surface area (Å²) in [6.07, 6.45) is 3.12. The number of aromatic nitrogens is 1. The Labute approximate surface area is 258 Å². The van der Waals surface area contributed by atoms with Crippen molar-refractivity contribution in [3.8, 4) is 23.0 Å². The van der Waals surface area contributed by atoms with Gasteiger partial charge in [-0.25, -0.2) is 9.18 Å². The predicted molar refractivity (Wildman–Crippen MR) is 164 cm³/mol. The number of amides is 3. The van der Waals surface area contributed by atoms with Crippen LogP contribution in [0.15, 0.2) is 66.9 Å². The number of methoxy groups -OCH3 is 1. The number of carbonyl (C=O) groups is 2. The van der Waals surface area contributed by atoms with Crippen molar-refractivity contribution >= 4 is 40.1 Å². The third-order valence-electron chi connectivity index (χ3n) is 7.03. The minimum atomic E-state index is -0.800. The summed E-state index contributed by atoms with van der Waals surface area (Å²) in [4.78, 5) is 31.1. The van der Waals surface area contributed by atoms with Gasteiger partial charge < -0.3 is 29.5 Å². The third-order valence-corrected chi connectivity index (χ3v) is 7.28. The number of halogens is 2. The Bertz CT molecular complexity index is 1630. The van der Waals surface area contributed by atoms with Crippen LogP contribution in [0, 0.1) is 5.82 Å². The van der Waals surface area contributed by atoms with Gasteiger partial charge in [-0.1, -0.05) is 23.7 Å². The minimum Gasteiger partial charge on any atom is -0.493 e. The zero-order chi connectivity index (χ0) is 31.1. The zero-order valence-corrected chi connectivity index (χ0v) is 24.8. The highest BCUT2D eigenvalue weighted by atomic mass is 35.5. The molecule has 230 valence electrons. The monoisotopic (exact) mass is 622 g/mol. The summed E-state index contributed by atoms with van der Waals surface area (Å²) < 4.78 is 32.3. The highest BCUT2D eigenvalue weighted by molar-refractivity contribution is 6.30. The number of anilines is 1. The Hall–Kier alpha value is -4.45. The summed E-state index contributed by atoms with van der Waals surface area (Å²) in [6, 6.07) is 14.7. The Kier molecular flexibility index (Phi) is 10.1. The number of hydrogen-bond donors (Lipinski definition) is 3. The number of β-amino-alcohol motifs (C(OH)–C–C–N with tert-alkyl or cyclic N) is 1. The van der Waals surface area contributed by atoms with Gasteiger partial charge in [0.2, 0.25) is 5.91 Å². The van der Waals surface area contributed by atoms with E-state index in [2.05, 4.69) is 20.5 Å². The van der Waals surface area contributed by atoms with Crippen molar-refractivity contribution in [1.29, 1.82) is 0 Å². The van der Waals surface area contributed by atoms with Gasteiger partial charge in [-0.2, -0.15) is 0 Å². The predicted octanol–water partition coefficient (Wildman–Crippen LogP) is 5.55. The van der Waals surface area contributed by atoms with E-state index < -0.39 is 23.9 Å². The maximum absolute atomic E-state index is 15.0. The van der Waals surface area contributed by atoms with Crippen molar-refractivity contribution in [3.63, 3.8) is 0 Å². The summed E-state index contributed by atoms with van der Waals surface area (Å²) >= 11 is 5.85. The normalized spacial score (nSPS) is 13.8. The van der Waals surface area contributed by atoms with Crippen LogP contribution in [0.1, 0.15) is 18.4 Å². The number of rotatable bonds is 11. The van der Waals surface area contributed by atoms with Gasteiger partial charge in [-0.15, -0.1) is 0 Å². The van der Waals surface area contributed by atoms with Gasteiger partial charge in [0.25, 0.3) is 0 Å². The molecule has 3 aromatic carbocycles. The quantitative estimate of drug-likeness (QED) is 0.199. The van der Waals surface area contributed by atoms with Crippen LogP contribution in [0.3, 0.4) is 0 Å². The number of aliphatic hydroxyl groups is 1. The van der Waals surface area contributed by atoms with Crippen LogP contribution in [0.25, 0.3) is 10.9 Å². The van der Waals surface area contributed by atoms with Crippen molar-refractivity contribution in [2.45, 2.75) is 25.4 Å². The molecular formula is C32H32ClFN4O6. The summed E-state index contributed by atoms with van der Waals surface area (Å²) in [6.45, 7) is 2.59. The second-order valence-corrected chi connectivity index (χ2v) is 10.8. The molecule has 5 rings (SSSR count). The number of imide groups is 1. The molecule has 1 saturated heterocycles. The number of nitrogens with one attached hydrogen (secondary N) is 2. The number of hydrogen-bond acceptors (Lipinski definition) is 8. The standard InChI is InChI=1S/C32H32ClFN4O6/c1-42-29-16-24-26(17-30(29)43-19-23(39)18-38-12-2-3-13-38)35-11-10-27(24)44-28-9-8-22(15-25(28)34)36-32(41)37-31(40)14-20-4-6-21(33)7-5-20/h4-11,15-17,23,39H,2-3,12-14,18-19H2,1H3,(H2,36,37,40,41). The molecule has 4 aromatic rings. The van der Waals surface area contributed by atoms with Crippen LogP contribution in [-0.2, 0) is 11.2 Å². The van der Waals surface area contributed by atoms with E-state index in [1.807, 2.05) is 0 Å². The number of fused-ring (bicyclic) bond motifs is 1. The fourth-order valence-corrected chi connectivity index (χ4v) is 5.02. The fourth-order valence-electron chi connectivity index (χ4n) is 4.89. The van der Waals surface area contributed by atoms with E-state index >= 15 is 4.39 Å². The molecule has 1 aliphatic heterocycles. The number of aliphatic hydroxyl groups excluding tert-OH is 1. The lowest BCUT2D eigenvalue weighted by molar-refractivity contribution is -0.119. The fraction of sp³-hybridized carbons (Fsp3) is 0.281. The van der Waals surface area contributed by atoms with Gasteiger partial charge >= 0.3 is 6.03 Å². The number of likely N-dealkylation sites (tertiary alicyclic amines) is 1. The SMILES string of the molecule is COc1cc2c(Oc3ccc(NC(=O)NC(=O)Cc4ccc(Cl)cc4)cc3F)ccnc2cc1OCC(O)CN1CCCC1. The van der Waals surface area contributed by atoms with E-state index in [1.54, 1.807) is 42.5 Å². The van der Waals surface area contributed by atoms with Gasteiger partial charge in [-0.05, 0) is 67.9 Å². The first-order valence-electron chi connectivity index (χ1n) is 14.1. The van der Waals surface area contributed by atoms with Crippen molar-refractivity contribution < 1.29 is 33.3 Å². The molecule has 44 heavy (non-hydrogen) atoms. The number of nitrogens with zero attached hydrogens (tertiary/aromatic N) is 2. The molecule has 2 heterocycles. The molecule has 10 nitrogen and oxygen atoms in total. The lowest BCUT2D eigenvalue weighted by atomic mass is 10.1. The minimum absolute atomic E-state index is 0.0231. The first-order valence-corrected chi connectivity index (χ1v) is 14.5. The Morgan fingerprint density at radius 2 is 1.80 bits per heavy atom. The molecular weight excluding hydrogens is 591 g/mol. The molecule has 0 spiro atoms. The Morgan fingerprint density at radius 1 is 1.02 bits per heavy atom. The third kappa shape index (κ3) is 8.13. The smallest absolute Gasteiger partial charge is 0.325 e. The molecule has 1 unspecified atom stereocenters. The van der Waals surface area contributed by atoms with Crippen LogP contribution in [0.4, 0.5) is 14.9 Å². The molecule has 0 radical (unpaired) electrons. The molecule has 12 heteroatoms. The van der Waals surface area contributed by atoms with Gasteiger partial charge in [0, 0.05) is 41.0 Å². The number of pyridine rings is 1. The number of carbonyl (C=O) groups excluding carboxylic acids is 2. The van der Waals surface area contributed by atoms with E-state index in [0.29, 0.717) is 45.3 Å². The topological polar surface area (TPSA) is 122 Å². The molecule has 3 amide bonds. The zero-order valence-electron chi connectivity index (χ0n) is 24.0. The van der Waals surface area contributed by atoms with E-state index in [-0.39, 0.29) is 24.5 Å². The Morgan fingerprint density at radius 3 is 2.52 bits per heavy atom. The van der Waals surface area contributed by atoms with Crippen LogP contribution in [0.5, 0.6) is 23.0 Å². The average molecular weight is 623 g/mol. The van der Waals surface area contributed by atoms with Crippen LogP contribution < -0.4 is 24.8 Å². The van der Waals surface area contributed by atoms with E-state index in [9.17, 15) is 14.7 Å². The van der Waals surface area contributed by atoms with Gasteiger partial charge in [-0.3, -0.25) is 15.1 Å². The second-order valence-electron chi connectivity index (χ2n) is 10.4. The summed E-state index contributed by atoms with van der Waals surface area (Å²) in [5.41, 5.74) is 1.33. The number of urea groups is 1. The molecule has 0 bridgehead atoms. The highest BCUT2D eigenvalue weighted by Crippen LogP contribution is 2.38. The average Bonchev–Trinajstić information content (AvgIpc) is 3.51. The Balaban J connectivity index is 1.22. The first-order chi connectivity index (χ1) is 21.3. The molecule has 1 fully saturated rings. The summed E-state index contributed by atoms with van der Waals surface area (Å²) in [7, 11) is 1.50. The van der Waals surface area contributed by atoms with Crippen LogP contribution >= 0.6 is 11.6 Å². The van der Waals surface area contributed by atoms with E-state index in [1.165, 1.54) is 25.4 Å². The largest absolute Gasteiger partial charge is 0.493 e. The van der Waals surface area contributed by atoms with E-state index in [4.69, 9.17) is 25.8 Å².